The summed E-state index contributed by atoms with van der Waals surface area (Å²) in [6.07, 6.45) is 3.46. The number of nitrogen functional groups attached to an aromatic ring is 1. The van der Waals surface area contributed by atoms with E-state index in [4.69, 9.17) is 5.73 Å². The zero-order valence-corrected chi connectivity index (χ0v) is 9.82. The molecular formula is C13H18N2O2. The Labute approximate surface area is 101 Å². The number of benzene rings is 1. The fourth-order valence-electron chi connectivity index (χ4n) is 1.53. The molecule has 17 heavy (non-hydrogen) atoms. The van der Waals surface area contributed by atoms with E-state index in [0.717, 1.165) is 24.7 Å². The third-order valence-corrected chi connectivity index (χ3v) is 2.39. The zero-order valence-electron chi connectivity index (χ0n) is 9.82. The minimum atomic E-state index is -0.0123. The predicted octanol–water partition coefficient (Wildman–Crippen LogP) is 1.30. The van der Waals surface area contributed by atoms with Crippen LogP contribution >= 0.6 is 0 Å². The Balaban J connectivity index is 2.23. The van der Waals surface area contributed by atoms with Crippen LogP contribution in [0.25, 0.3) is 0 Å². The topological polar surface area (TPSA) is 72.2 Å². The van der Waals surface area contributed by atoms with Gasteiger partial charge in [0.2, 0.25) is 5.91 Å². The molecule has 0 unspecified atom stereocenters. The molecule has 1 aromatic carbocycles. The van der Waals surface area contributed by atoms with Crippen LogP contribution in [0.4, 0.5) is 5.69 Å². The van der Waals surface area contributed by atoms with Crippen LogP contribution < -0.4 is 11.1 Å². The minimum absolute atomic E-state index is 0.0123. The molecule has 4 heteroatoms. The maximum atomic E-state index is 11.5. The number of nitrogens with two attached hydrogens (primary N) is 1. The van der Waals surface area contributed by atoms with Gasteiger partial charge in [0, 0.05) is 18.7 Å². The van der Waals surface area contributed by atoms with Crippen molar-refractivity contribution in [2.75, 3.05) is 12.3 Å². The van der Waals surface area contributed by atoms with Crippen LogP contribution in [0.3, 0.4) is 0 Å². The van der Waals surface area contributed by atoms with Crippen molar-refractivity contribution in [1.82, 2.24) is 5.32 Å². The molecule has 1 amide bonds. The second-order valence-electron chi connectivity index (χ2n) is 3.93. The van der Waals surface area contributed by atoms with Crippen molar-refractivity contribution in [3.8, 4) is 0 Å². The van der Waals surface area contributed by atoms with Crippen molar-refractivity contribution in [1.29, 1.82) is 0 Å². The quantitative estimate of drug-likeness (QED) is 0.424. The highest BCUT2D eigenvalue weighted by atomic mass is 16.1. The SMILES string of the molecule is Nc1cccc(CC(=O)NCCCCC=O)c1. The number of carbonyl (C=O) groups excluding carboxylic acids is 2. The molecule has 1 rings (SSSR count). The van der Waals surface area contributed by atoms with Crippen LogP contribution in [-0.4, -0.2) is 18.7 Å². The maximum absolute atomic E-state index is 11.5. The van der Waals surface area contributed by atoms with Gasteiger partial charge < -0.3 is 15.8 Å². The molecule has 0 aliphatic heterocycles. The van der Waals surface area contributed by atoms with Gasteiger partial charge in [-0.1, -0.05) is 12.1 Å². The molecule has 0 saturated heterocycles. The number of rotatable bonds is 7. The average Bonchev–Trinajstić information content (AvgIpc) is 2.29. The van der Waals surface area contributed by atoms with E-state index in [9.17, 15) is 9.59 Å². The van der Waals surface area contributed by atoms with Crippen molar-refractivity contribution in [3.05, 3.63) is 29.8 Å². The first-order valence-corrected chi connectivity index (χ1v) is 5.77. The second kappa shape index (κ2) is 7.44. The third-order valence-electron chi connectivity index (χ3n) is 2.39. The van der Waals surface area contributed by atoms with E-state index in [-0.39, 0.29) is 5.91 Å². The van der Waals surface area contributed by atoms with Gasteiger partial charge in [-0.3, -0.25) is 4.79 Å². The summed E-state index contributed by atoms with van der Waals surface area (Å²) < 4.78 is 0. The lowest BCUT2D eigenvalue weighted by atomic mass is 10.1. The number of aldehydes is 1. The third kappa shape index (κ3) is 5.70. The fourth-order valence-corrected chi connectivity index (χ4v) is 1.53. The van der Waals surface area contributed by atoms with Crippen molar-refractivity contribution >= 4 is 17.9 Å². The highest BCUT2D eigenvalue weighted by Crippen LogP contribution is 2.06. The van der Waals surface area contributed by atoms with Crippen LogP contribution in [0.5, 0.6) is 0 Å². The molecule has 4 nitrogen and oxygen atoms in total. The number of nitrogens with one attached hydrogen (secondary N) is 1. The lowest BCUT2D eigenvalue weighted by Crippen LogP contribution is -2.26. The monoisotopic (exact) mass is 234 g/mol. The Morgan fingerprint density at radius 3 is 2.88 bits per heavy atom. The number of unbranched alkanes of at least 4 members (excludes halogenated alkanes) is 2. The summed E-state index contributed by atoms with van der Waals surface area (Å²) in [5.41, 5.74) is 7.20. The van der Waals surface area contributed by atoms with Gasteiger partial charge in [-0.15, -0.1) is 0 Å². The maximum Gasteiger partial charge on any atom is 0.224 e. The molecular weight excluding hydrogens is 216 g/mol. The average molecular weight is 234 g/mol. The van der Waals surface area contributed by atoms with Gasteiger partial charge >= 0.3 is 0 Å². The van der Waals surface area contributed by atoms with Crippen molar-refractivity contribution in [2.24, 2.45) is 0 Å². The Kier molecular flexibility index (Phi) is 5.79. The highest BCUT2D eigenvalue weighted by molar-refractivity contribution is 5.78. The van der Waals surface area contributed by atoms with E-state index < -0.39 is 0 Å². The number of carbonyl (C=O) groups is 2. The summed E-state index contributed by atoms with van der Waals surface area (Å²) in [7, 11) is 0. The molecule has 0 spiro atoms. The van der Waals surface area contributed by atoms with Crippen LogP contribution in [-0.2, 0) is 16.0 Å². The first kappa shape index (κ1) is 13.2. The molecule has 0 aliphatic carbocycles. The van der Waals surface area contributed by atoms with E-state index >= 15 is 0 Å². The summed E-state index contributed by atoms with van der Waals surface area (Å²) in [6, 6.07) is 7.30. The second-order valence-corrected chi connectivity index (χ2v) is 3.93. The number of hydrogen-bond acceptors (Lipinski definition) is 3. The van der Waals surface area contributed by atoms with Gasteiger partial charge in [0.05, 0.1) is 6.42 Å². The molecule has 92 valence electrons. The summed E-state index contributed by atoms with van der Waals surface area (Å²) in [6.45, 7) is 0.620. The molecule has 0 fully saturated rings. The lowest BCUT2D eigenvalue weighted by Gasteiger charge is -2.05. The molecule has 0 aliphatic rings. The van der Waals surface area contributed by atoms with Gasteiger partial charge in [-0.25, -0.2) is 0 Å². The van der Waals surface area contributed by atoms with E-state index in [1.807, 2.05) is 12.1 Å². The smallest absolute Gasteiger partial charge is 0.224 e. The fraction of sp³-hybridized carbons (Fsp3) is 0.385. The summed E-state index contributed by atoms with van der Waals surface area (Å²) in [4.78, 5) is 21.6. The lowest BCUT2D eigenvalue weighted by molar-refractivity contribution is -0.120. The van der Waals surface area contributed by atoms with Crippen molar-refractivity contribution in [2.45, 2.75) is 25.7 Å². The Morgan fingerprint density at radius 1 is 1.35 bits per heavy atom. The van der Waals surface area contributed by atoms with E-state index in [0.29, 0.717) is 25.1 Å². The number of anilines is 1. The predicted molar refractivity (Wildman–Crippen MR) is 67.5 cm³/mol. The molecule has 0 atom stereocenters. The largest absolute Gasteiger partial charge is 0.399 e. The van der Waals surface area contributed by atoms with Crippen LogP contribution in [0.2, 0.25) is 0 Å². The van der Waals surface area contributed by atoms with Crippen molar-refractivity contribution in [3.63, 3.8) is 0 Å². The molecule has 0 aromatic heterocycles. The summed E-state index contributed by atoms with van der Waals surface area (Å²) in [5, 5.41) is 2.81. The molecule has 3 N–H and O–H groups in total. The van der Waals surface area contributed by atoms with Crippen molar-refractivity contribution < 1.29 is 9.59 Å². The Hall–Kier alpha value is -1.84. The van der Waals surface area contributed by atoms with Gasteiger partial charge in [-0.05, 0) is 30.5 Å². The van der Waals surface area contributed by atoms with E-state index in [2.05, 4.69) is 5.32 Å². The standard InChI is InChI=1S/C13H18N2O2/c14-12-6-4-5-11(9-12)10-13(17)15-7-2-1-3-8-16/h4-6,8-9H,1-3,7,10,14H2,(H,15,17). The van der Waals surface area contributed by atoms with Gasteiger partial charge in [0.25, 0.3) is 0 Å². The van der Waals surface area contributed by atoms with E-state index in [1.165, 1.54) is 0 Å². The normalized spacial score (nSPS) is 9.88. The molecule has 0 saturated carbocycles. The van der Waals surface area contributed by atoms with Gasteiger partial charge in [0.15, 0.2) is 0 Å². The van der Waals surface area contributed by atoms with Crippen LogP contribution in [0.1, 0.15) is 24.8 Å². The zero-order chi connectivity index (χ0) is 12.5. The summed E-state index contributed by atoms with van der Waals surface area (Å²) >= 11 is 0. The minimum Gasteiger partial charge on any atom is -0.399 e. The molecule has 0 heterocycles. The van der Waals surface area contributed by atoms with Crippen LogP contribution in [0, 0.1) is 0 Å². The Bertz CT molecular complexity index is 377. The molecule has 1 aromatic rings. The highest BCUT2D eigenvalue weighted by Gasteiger charge is 2.02. The first-order valence-electron chi connectivity index (χ1n) is 5.77. The number of hydrogen-bond donors (Lipinski definition) is 2. The van der Waals surface area contributed by atoms with Gasteiger partial charge in [-0.2, -0.15) is 0 Å². The molecule has 0 radical (unpaired) electrons. The van der Waals surface area contributed by atoms with E-state index in [1.54, 1.807) is 12.1 Å². The first-order chi connectivity index (χ1) is 8.22. The Morgan fingerprint density at radius 2 is 2.18 bits per heavy atom. The number of amides is 1. The van der Waals surface area contributed by atoms with Crippen LogP contribution in [0.15, 0.2) is 24.3 Å². The summed E-state index contributed by atoms with van der Waals surface area (Å²) in [5.74, 6) is -0.0123. The molecule has 0 bridgehead atoms. The van der Waals surface area contributed by atoms with Gasteiger partial charge in [0.1, 0.15) is 6.29 Å².